The first-order chi connectivity index (χ1) is 10.9. The predicted molar refractivity (Wildman–Crippen MR) is 79.4 cm³/mol. The lowest BCUT2D eigenvalue weighted by Gasteiger charge is -2.14. The van der Waals surface area contributed by atoms with Crippen molar-refractivity contribution < 1.29 is 27.4 Å². The van der Waals surface area contributed by atoms with Crippen molar-refractivity contribution in [1.82, 2.24) is 0 Å². The SMILES string of the molecule is CCOC(=O)c1cccc(-c2cccc(C(F)(F)F)c2)c1OC. The van der Waals surface area contributed by atoms with E-state index in [4.69, 9.17) is 9.47 Å². The molecule has 122 valence electrons. The summed E-state index contributed by atoms with van der Waals surface area (Å²) >= 11 is 0. The number of hydrogen-bond donors (Lipinski definition) is 0. The molecule has 0 bridgehead atoms. The highest BCUT2D eigenvalue weighted by Gasteiger charge is 2.30. The molecule has 0 N–H and O–H groups in total. The minimum Gasteiger partial charge on any atom is -0.495 e. The first kappa shape index (κ1) is 16.9. The number of carbonyl (C=O) groups excluding carboxylic acids is 1. The molecule has 0 atom stereocenters. The number of hydrogen-bond acceptors (Lipinski definition) is 3. The molecule has 0 unspecified atom stereocenters. The van der Waals surface area contributed by atoms with Crippen LogP contribution in [0.15, 0.2) is 42.5 Å². The van der Waals surface area contributed by atoms with E-state index in [-0.39, 0.29) is 17.9 Å². The Bertz CT molecular complexity index is 708. The van der Waals surface area contributed by atoms with Crippen LogP contribution in [0, 0.1) is 0 Å². The standard InChI is InChI=1S/C17H15F3O3/c1-3-23-16(21)14-9-5-8-13(15(14)22-2)11-6-4-7-12(10-11)17(18,19)20/h4-10H,3H2,1-2H3. The van der Waals surface area contributed by atoms with E-state index in [0.29, 0.717) is 11.1 Å². The van der Waals surface area contributed by atoms with Crippen LogP contribution >= 0.6 is 0 Å². The predicted octanol–water partition coefficient (Wildman–Crippen LogP) is 4.56. The molecule has 2 aromatic rings. The number of alkyl halides is 3. The van der Waals surface area contributed by atoms with Crippen molar-refractivity contribution >= 4 is 5.97 Å². The molecule has 0 radical (unpaired) electrons. The number of halogens is 3. The minimum atomic E-state index is -4.44. The summed E-state index contributed by atoms with van der Waals surface area (Å²) in [6.07, 6.45) is -4.44. The zero-order valence-corrected chi connectivity index (χ0v) is 12.6. The molecule has 0 aliphatic heterocycles. The van der Waals surface area contributed by atoms with Gasteiger partial charge in [0.15, 0.2) is 0 Å². The molecule has 0 aliphatic rings. The molecule has 0 fully saturated rings. The summed E-state index contributed by atoms with van der Waals surface area (Å²) < 4.78 is 48.8. The number of ether oxygens (including phenoxy) is 2. The molecule has 6 heteroatoms. The highest BCUT2D eigenvalue weighted by Crippen LogP contribution is 2.37. The molecule has 23 heavy (non-hydrogen) atoms. The minimum absolute atomic E-state index is 0.171. The van der Waals surface area contributed by atoms with Crippen molar-refractivity contribution in [2.75, 3.05) is 13.7 Å². The summed E-state index contributed by atoms with van der Waals surface area (Å²) in [6.45, 7) is 1.86. The Labute approximate surface area is 131 Å². The van der Waals surface area contributed by atoms with Gasteiger partial charge in [0, 0.05) is 5.56 Å². The summed E-state index contributed by atoms with van der Waals surface area (Å²) in [7, 11) is 1.36. The fourth-order valence-electron chi connectivity index (χ4n) is 2.22. The van der Waals surface area contributed by atoms with E-state index in [1.54, 1.807) is 19.1 Å². The van der Waals surface area contributed by atoms with Crippen molar-refractivity contribution in [3.8, 4) is 16.9 Å². The van der Waals surface area contributed by atoms with Gasteiger partial charge in [0.2, 0.25) is 0 Å². The Kier molecular flexibility index (Phi) is 4.93. The second-order valence-corrected chi connectivity index (χ2v) is 4.69. The zero-order valence-electron chi connectivity index (χ0n) is 12.6. The molecule has 0 amide bonds. The van der Waals surface area contributed by atoms with E-state index in [1.807, 2.05) is 0 Å². The van der Waals surface area contributed by atoms with Gasteiger partial charge in [-0.3, -0.25) is 0 Å². The third-order valence-electron chi connectivity index (χ3n) is 3.22. The molecule has 2 aromatic carbocycles. The first-order valence-electron chi connectivity index (χ1n) is 6.90. The second-order valence-electron chi connectivity index (χ2n) is 4.69. The number of methoxy groups -OCH3 is 1. The van der Waals surface area contributed by atoms with Gasteiger partial charge in [-0.25, -0.2) is 4.79 Å². The van der Waals surface area contributed by atoms with Crippen LogP contribution in [0.3, 0.4) is 0 Å². The Hall–Kier alpha value is -2.50. The number of carbonyl (C=O) groups is 1. The van der Waals surface area contributed by atoms with Gasteiger partial charge >= 0.3 is 12.1 Å². The van der Waals surface area contributed by atoms with Crippen molar-refractivity contribution in [2.24, 2.45) is 0 Å². The van der Waals surface area contributed by atoms with Crippen LogP contribution in [-0.2, 0) is 10.9 Å². The summed E-state index contributed by atoms with van der Waals surface area (Å²) in [5, 5.41) is 0. The van der Waals surface area contributed by atoms with Gasteiger partial charge < -0.3 is 9.47 Å². The molecule has 0 aromatic heterocycles. The number of rotatable bonds is 4. The molecule has 0 aliphatic carbocycles. The van der Waals surface area contributed by atoms with Crippen LogP contribution in [0.5, 0.6) is 5.75 Å². The summed E-state index contributed by atoms with van der Waals surface area (Å²) in [4.78, 5) is 12.0. The van der Waals surface area contributed by atoms with Crippen molar-refractivity contribution in [3.05, 3.63) is 53.6 Å². The topological polar surface area (TPSA) is 35.5 Å². The number of esters is 1. The van der Waals surface area contributed by atoms with Crippen molar-refractivity contribution in [1.29, 1.82) is 0 Å². The largest absolute Gasteiger partial charge is 0.495 e. The quantitative estimate of drug-likeness (QED) is 0.774. The van der Waals surface area contributed by atoms with Gasteiger partial charge in [-0.15, -0.1) is 0 Å². The monoisotopic (exact) mass is 324 g/mol. The fraction of sp³-hybridized carbons (Fsp3) is 0.235. The van der Waals surface area contributed by atoms with Gasteiger partial charge in [-0.1, -0.05) is 24.3 Å². The molecule has 0 spiro atoms. The van der Waals surface area contributed by atoms with Gasteiger partial charge in [0.25, 0.3) is 0 Å². The second kappa shape index (κ2) is 6.73. The lowest BCUT2D eigenvalue weighted by atomic mass is 9.99. The third kappa shape index (κ3) is 3.64. The van der Waals surface area contributed by atoms with Gasteiger partial charge in [0.1, 0.15) is 11.3 Å². The summed E-state index contributed by atoms with van der Waals surface area (Å²) in [5.74, 6) is -0.400. The highest BCUT2D eigenvalue weighted by molar-refractivity contribution is 5.95. The van der Waals surface area contributed by atoms with Crippen LogP contribution in [0.1, 0.15) is 22.8 Å². The Morgan fingerprint density at radius 1 is 1.13 bits per heavy atom. The molecule has 0 saturated carbocycles. The molecular weight excluding hydrogens is 309 g/mol. The van der Waals surface area contributed by atoms with Crippen molar-refractivity contribution in [3.63, 3.8) is 0 Å². The Morgan fingerprint density at radius 2 is 1.83 bits per heavy atom. The van der Waals surface area contributed by atoms with Crippen LogP contribution < -0.4 is 4.74 Å². The van der Waals surface area contributed by atoms with Crippen LogP contribution in [-0.4, -0.2) is 19.7 Å². The van der Waals surface area contributed by atoms with E-state index in [1.165, 1.54) is 25.3 Å². The molecule has 0 saturated heterocycles. The highest BCUT2D eigenvalue weighted by atomic mass is 19.4. The lowest BCUT2D eigenvalue weighted by molar-refractivity contribution is -0.137. The fourth-order valence-corrected chi connectivity index (χ4v) is 2.22. The maximum atomic E-state index is 12.9. The van der Waals surface area contributed by atoms with E-state index >= 15 is 0 Å². The average molecular weight is 324 g/mol. The average Bonchev–Trinajstić information content (AvgIpc) is 2.53. The van der Waals surface area contributed by atoms with E-state index in [0.717, 1.165) is 12.1 Å². The van der Waals surface area contributed by atoms with Crippen LogP contribution in [0.4, 0.5) is 13.2 Å². The molecule has 3 nitrogen and oxygen atoms in total. The van der Waals surface area contributed by atoms with Crippen LogP contribution in [0.25, 0.3) is 11.1 Å². The molecule has 2 rings (SSSR count). The van der Waals surface area contributed by atoms with Crippen LogP contribution in [0.2, 0.25) is 0 Å². The number of para-hydroxylation sites is 1. The maximum absolute atomic E-state index is 12.9. The Morgan fingerprint density at radius 3 is 2.43 bits per heavy atom. The summed E-state index contributed by atoms with van der Waals surface area (Å²) in [6, 6.07) is 9.53. The van der Waals surface area contributed by atoms with Gasteiger partial charge in [-0.05, 0) is 30.7 Å². The normalized spacial score (nSPS) is 11.2. The lowest BCUT2D eigenvalue weighted by Crippen LogP contribution is -2.08. The van der Waals surface area contributed by atoms with Gasteiger partial charge in [0.05, 0.1) is 19.3 Å². The Balaban J connectivity index is 2.56. The van der Waals surface area contributed by atoms with Gasteiger partial charge in [-0.2, -0.15) is 13.2 Å². The van der Waals surface area contributed by atoms with E-state index in [9.17, 15) is 18.0 Å². The van der Waals surface area contributed by atoms with Crippen molar-refractivity contribution in [2.45, 2.75) is 13.1 Å². The zero-order chi connectivity index (χ0) is 17.0. The first-order valence-corrected chi connectivity index (χ1v) is 6.90. The third-order valence-corrected chi connectivity index (χ3v) is 3.22. The molecule has 0 heterocycles. The smallest absolute Gasteiger partial charge is 0.416 e. The number of benzene rings is 2. The van der Waals surface area contributed by atoms with E-state index in [2.05, 4.69) is 0 Å². The van der Waals surface area contributed by atoms with E-state index < -0.39 is 17.7 Å². The maximum Gasteiger partial charge on any atom is 0.416 e. The summed E-state index contributed by atoms with van der Waals surface area (Å²) in [5.41, 5.74) is 0.106. The molecular formula is C17H15F3O3.